The molecule has 0 aliphatic rings. The highest BCUT2D eigenvalue weighted by Crippen LogP contribution is 2.49. The third-order valence-corrected chi connectivity index (χ3v) is 10.1. The Morgan fingerprint density at radius 3 is 1.70 bits per heavy atom. The molecular formula is C40H20N2O. The van der Waals surface area contributed by atoms with Crippen LogP contribution < -0.4 is 0 Å². The SMILES string of the molecule is c1ccc2c(c1)cc1c3cc4c5cc6oc7ccccc7c6c6c7ccccc7n(c4cc3n3c4ccccc4c2c13)c56. The van der Waals surface area contributed by atoms with Gasteiger partial charge in [0.2, 0.25) is 0 Å². The molecule has 43 heavy (non-hydrogen) atoms. The molecule has 5 aromatic heterocycles. The van der Waals surface area contributed by atoms with E-state index >= 15 is 0 Å². The second-order valence-electron chi connectivity index (χ2n) is 12.1. The van der Waals surface area contributed by atoms with E-state index in [1.54, 1.807) is 0 Å². The standard InChI is InChI=1S/C40H20N2O/c1-2-10-22-21(9-1)17-28-26-18-27-29-19-35-37(25-13-5-8-16-34(25)43-35)38-24-12-4-7-15-31(24)42(40(29)38)33(27)20-32(26)41-30-14-6-3-11-23(30)36(22)39(28)41/h1-20H. The van der Waals surface area contributed by atoms with Gasteiger partial charge in [0.25, 0.3) is 0 Å². The molecule has 3 heteroatoms. The first-order valence-electron chi connectivity index (χ1n) is 14.9. The first-order chi connectivity index (χ1) is 21.3. The number of nitrogens with zero attached hydrogens (tertiary/aromatic N) is 2. The molecule has 0 spiro atoms. The smallest absolute Gasteiger partial charge is 0.136 e. The second kappa shape index (κ2) is 6.80. The molecule has 196 valence electrons. The summed E-state index contributed by atoms with van der Waals surface area (Å²) in [6.07, 6.45) is 0. The predicted molar refractivity (Wildman–Crippen MR) is 181 cm³/mol. The largest absolute Gasteiger partial charge is 0.456 e. The average molecular weight is 545 g/mol. The lowest BCUT2D eigenvalue weighted by Crippen LogP contribution is -1.83. The van der Waals surface area contributed by atoms with Gasteiger partial charge in [-0.3, -0.25) is 0 Å². The zero-order chi connectivity index (χ0) is 27.6. The lowest BCUT2D eigenvalue weighted by molar-refractivity contribution is 0.669. The lowest BCUT2D eigenvalue weighted by atomic mass is 9.99. The van der Waals surface area contributed by atoms with Gasteiger partial charge in [-0.2, -0.15) is 0 Å². The van der Waals surface area contributed by atoms with Gasteiger partial charge in [-0.25, -0.2) is 0 Å². The molecule has 0 N–H and O–H groups in total. The van der Waals surface area contributed by atoms with Gasteiger partial charge in [0, 0.05) is 53.9 Å². The molecule has 0 saturated carbocycles. The van der Waals surface area contributed by atoms with Crippen molar-refractivity contribution in [1.29, 1.82) is 0 Å². The Morgan fingerprint density at radius 2 is 0.930 bits per heavy atom. The van der Waals surface area contributed by atoms with Crippen molar-refractivity contribution < 1.29 is 4.42 Å². The number of furan rings is 1. The summed E-state index contributed by atoms with van der Waals surface area (Å²) in [6.45, 7) is 0. The van der Waals surface area contributed by atoms with Crippen molar-refractivity contribution in [2.75, 3.05) is 0 Å². The number of benzene rings is 7. The van der Waals surface area contributed by atoms with E-state index in [0.717, 1.165) is 11.2 Å². The van der Waals surface area contributed by atoms with E-state index in [-0.39, 0.29) is 0 Å². The first kappa shape index (κ1) is 21.0. The third-order valence-electron chi connectivity index (χ3n) is 10.1. The molecule has 0 fully saturated rings. The van der Waals surface area contributed by atoms with Gasteiger partial charge in [0.1, 0.15) is 11.2 Å². The van der Waals surface area contributed by atoms with E-state index in [1.807, 2.05) is 0 Å². The molecule has 12 aromatic rings. The van der Waals surface area contributed by atoms with Crippen molar-refractivity contribution in [2.24, 2.45) is 0 Å². The Labute approximate surface area is 243 Å². The van der Waals surface area contributed by atoms with Crippen LogP contribution >= 0.6 is 0 Å². The van der Waals surface area contributed by atoms with Crippen LogP contribution in [0.15, 0.2) is 126 Å². The maximum atomic E-state index is 6.52. The van der Waals surface area contributed by atoms with Gasteiger partial charge in [-0.15, -0.1) is 0 Å². The summed E-state index contributed by atoms with van der Waals surface area (Å²) in [7, 11) is 0. The number of rotatable bonds is 0. The molecule has 3 nitrogen and oxygen atoms in total. The molecule has 0 aliphatic carbocycles. The maximum absolute atomic E-state index is 6.52. The topological polar surface area (TPSA) is 22.0 Å². The highest BCUT2D eigenvalue weighted by atomic mass is 16.3. The first-order valence-corrected chi connectivity index (χ1v) is 14.9. The quantitative estimate of drug-likeness (QED) is 0.186. The normalized spacial score (nSPS) is 13.1. The molecule has 0 atom stereocenters. The number of hydrogen-bond acceptors (Lipinski definition) is 1. The van der Waals surface area contributed by atoms with Crippen LogP contribution in [0.3, 0.4) is 0 Å². The van der Waals surface area contributed by atoms with Crippen LogP contribution in [-0.2, 0) is 0 Å². The zero-order valence-corrected chi connectivity index (χ0v) is 22.8. The molecular weight excluding hydrogens is 524 g/mol. The van der Waals surface area contributed by atoms with E-state index < -0.39 is 0 Å². The minimum absolute atomic E-state index is 0.937. The molecule has 0 unspecified atom stereocenters. The minimum Gasteiger partial charge on any atom is -0.456 e. The van der Waals surface area contributed by atoms with E-state index in [4.69, 9.17) is 4.42 Å². The fraction of sp³-hybridized carbons (Fsp3) is 0. The third kappa shape index (κ3) is 2.22. The van der Waals surface area contributed by atoms with Crippen LogP contribution in [-0.4, -0.2) is 8.80 Å². The number of aromatic nitrogens is 2. The van der Waals surface area contributed by atoms with Gasteiger partial charge in [0.05, 0.1) is 33.1 Å². The molecule has 0 saturated heterocycles. The van der Waals surface area contributed by atoms with Gasteiger partial charge in [-0.1, -0.05) is 78.9 Å². The summed E-state index contributed by atoms with van der Waals surface area (Å²) in [5.41, 5.74) is 9.46. The molecule has 0 radical (unpaired) electrons. The van der Waals surface area contributed by atoms with E-state index in [9.17, 15) is 0 Å². The van der Waals surface area contributed by atoms with Crippen LogP contribution in [0, 0.1) is 0 Å². The lowest BCUT2D eigenvalue weighted by Gasteiger charge is -2.03. The molecule has 0 bridgehead atoms. The van der Waals surface area contributed by atoms with Crippen LogP contribution in [0.5, 0.6) is 0 Å². The summed E-state index contributed by atoms with van der Waals surface area (Å²) in [5.74, 6) is 0. The van der Waals surface area contributed by atoms with Crippen LogP contribution in [0.4, 0.5) is 0 Å². The predicted octanol–water partition coefficient (Wildman–Crippen LogP) is 11.0. The maximum Gasteiger partial charge on any atom is 0.136 e. The van der Waals surface area contributed by atoms with Crippen molar-refractivity contribution in [3.05, 3.63) is 121 Å². The van der Waals surface area contributed by atoms with Crippen LogP contribution in [0.2, 0.25) is 0 Å². The Morgan fingerprint density at radius 1 is 0.349 bits per heavy atom. The summed E-state index contributed by atoms with van der Waals surface area (Å²) < 4.78 is 11.5. The summed E-state index contributed by atoms with van der Waals surface area (Å²) in [5, 5.41) is 15.3. The van der Waals surface area contributed by atoms with Gasteiger partial charge < -0.3 is 13.2 Å². The molecule has 5 heterocycles. The summed E-state index contributed by atoms with van der Waals surface area (Å²) in [4.78, 5) is 0. The van der Waals surface area contributed by atoms with Crippen molar-refractivity contribution in [1.82, 2.24) is 8.80 Å². The monoisotopic (exact) mass is 544 g/mol. The Bertz CT molecular complexity index is 3170. The Balaban J connectivity index is 1.39. The Kier molecular flexibility index (Phi) is 3.32. The number of fused-ring (bicyclic) bond motifs is 18. The highest BCUT2D eigenvalue weighted by Gasteiger charge is 2.25. The minimum atomic E-state index is 0.937. The molecule has 0 aliphatic heterocycles. The van der Waals surface area contributed by atoms with Crippen LogP contribution in [0.1, 0.15) is 0 Å². The molecule has 7 aromatic carbocycles. The van der Waals surface area contributed by atoms with Crippen molar-refractivity contribution in [2.45, 2.75) is 0 Å². The van der Waals surface area contributed by atoms with Crippen molar-refractivity contribution >= 4 is 109 Å². The number of para-hydroxylation sites is 3. The fourth-order valence-electron chi connectivity index (χ4n) is 8.50. The highest BCUT2D eigenvalue weighted by molar-refractivity contribution is 6.37. The van der Waals surface area contributed by atoms with Gasteiger partial charge in [0.15, 0.2) is 0 Å². The second-order valence-corrected chi connectivity index (χ2v) is 12.1. The van der Waals surface area contributed by atoms with E-state index in [2.05, 4.69) is 130 Å². The number of hydrogen-bond donors (Lipinski definition) is 0. The van der Waals surface area contributed by atoms with Crippen molar-refractivity contribution in [3.8, 4) is 0 Å². The summed E-state index contributed by atoms with van der Waals surface area (Å²) in [6, 6.07) is 44.5. The average Bonchev–Trinajstić information content (AvgIpc) is 3.83. The van der Waals surface area contributed by atoms with Crippen molar-refractivity contribution in [3.63, 3.8) is 0 Å². The van der Waals surface area contributed by atoms with E-state index in [0.29, 0.717) is 0 Å². The van der Waals surface area contributed by atoms with Gasteiger partial charge in [-0.05, 0) is 53.2 Å². The summed E-state index contributed by atoms with van der Waals surface area (Å²) >= 11 is 0. The Hall–Kier alpha value is -5.80. The van der Waals surface area contributed by atoms with Gasteiger partial charge >= 0.3 is 0 Å². The fourth-order valence-corrected chi connectivity index (χ4v) is 8.50. The molecule has 0 amide bonds. The van der Waals surface area contributed by atoms with Crippen LogP contribution in [0.25, 0.3) is 109 Å². The molecule has 12 rings (SSSR count). The zero-order valence-electron chi connectivity index (χ0n) is 22.8. The van der Waals surface area contributed by atoms with E-state index in [1.165, 1.54) is 97.7 Å².